The lowest BCUT2D eigenvalue weighted by Gasteiger charge is -2.34. The van der Waals surface area contributed by atoms with E-state index in [0.29, 0.717) is 19.4 Å². The van der Waals surface area contributed by atoms with Crippen LogP contribution in [-0.4, -0.2) is 50.1 Å². The first-order valence-electron chi connectivity index (χ1n) is 8.76. The van der Waals surface area contributed by atoms with Gasteiger partial charge < -0.3 is 5.32 Å². The predicted octanol–water partition coefficient (Wildman–Crippen LogP) is 2.02. The molecule has 0 unspecified atom stereocenters. The lowest BCUT2D eigenvalue weighted by molar-refractivity contribution is -0.127. The van der Waals surface area contributed by atoms with Gasteiger partial charge in [0.2, 0.25) is 5.91 Å². The molecule has 2 atom stereocenters. The molecule has 140 valence electrons. The molecule has 0 aliphatic carbocycles. The third-order valence-corrected chi connectivity index (χ3v) is 6.57. The summed E-state index contributed by atoms with van der Waals surface area (Å²) in [6.07, 6.45) is 1.41. The van der Waals surface area contributed by atoms with Crippen LogP contribution in [0.15, 0.2) is 30.3 Å². The van der Waals surface area contributed by atoms with Crippen LogP contribution < -0.4 is 5.32 Å². The summed E-state index contributed by atoms with van der Waals surface area (Å²) in [7, 11) is -0.443. The molecule has 1 aromatic carbocycles. The summed E-state index contributed by atoms with van der Waals surface area (Å²) < 4.78 is 27.3. The molecule has 1 aliphatic rings. The topological polar surface area (TPSA) is 69.7 Å². The molecule has 0 aromatic heterocycles. The normalized spacial score (nSPS) is 20.6. The van der Waals surface area contributed by atoms with Crippen molar-refractivity contribution in [3.63, 3.8) is 0 Å². The van der Waals surface area contributed by atoms with Gasteiger partial charge >= 0.3 is 0 Å². The molecule has 0 saturated carbocycles. The van der Waals surface area contributed by atoms with Gasteiger partial charge in [-0.2, -0.15) is 17.0 Å². The highest BCUT2D eigenvalue weighted by Gasteiger charge is 2.34. The van der Waals surface area contributed by atoms with Gasteiger partial charge in [-0.15, -0.1) is 0 Å². The minimum Gasteiger partial charge on any atom is -0.349 e. The van der Waals surface area contributed by atoms with Crippen LogP contribution in [0.1, 0.15) is 38.3 Å². The first kappa shape index (κ1) is 19.9. The van der Waals surface area contributed by atoms with Crippen LogP contribution in [0.4, 0.5) is 0 Å². The number of rotatable bonds is 6. The van der Waals surface area contributed by atoms with Crippen molar-refractivity contribution >= 4 is 16.1 Å². The Morgan fingerprint density at radius 2 is 1.88 bits per heavy atom. The minimum atomic E-state index is -3.48. The fraction of sp³-hybridized carbons (Fsp3) is 0.611. The smallest absolute Gasteiger partial charge is 0.281 e. The predicted molar refractivity (Wildman–Crippen MR) is 99.1 cm³/mol. The number of nitrogens with zero attached hydrogens (tertiary/aromatic N) is 2. The molecule has 0 bridgehead atoms. The van der Waals surface area contributed by atoms with Gasteiger partial charge in [0.15, 0.2) is 0 Å². The van der Waals surface area contributed by atoms with E-state index in [1.807, 2.05) is 30.3 Å². The van der Waals surface area contributed by atoms with Crippen molar-refractivity contribution in [3.05, 3.63) is 35.9 Å². The standard InChI is InChI=1S/C18H29N3O3S/c1-14(2)17(15-9-6-5-7-10-15)19-18(22)16-11-8-12-21(13-16)25(23,24)20(3)4/h5-7,9-10,14,16-17H,8,11-13H2,1-4H3,(H,19,22)/t16-,17-/m0/s1. The van der Waals surface area contributed by atoms with Crippen LogP contribution in [0.3, 0.4) is 0 Å². The van der Waals surface area contributed by atoms with Crippen molar-refractivity contribution in [2.45, 2.75) is 32.7 Å². The van der Waals surface area contributed by atoms with Crippen molar-refractivity contribution in [2.24, 2.45) is 11.8 Å². The second-order valence-electron chi connectivity index (χ2n) is 7.13. The van der Waals surface area contributed by atoms with Gasteiger partial charge in [0, 0.05) is 27.2 Å². The monoisotopic (exact) mass is 367 g/mol. The Bertz CT molecular complexity index is 674. The highest BCUT2D eigenvalue weighted by Crippen LogP contribution is 2.25. The molecular formula is C18H29N3O3S. The van der Waals surface area contributed by atoms with Gasteiger partial charge in [0.25, 0.3) is 10.2 Å². The zero-order chi connectivity index (χ0) is 18.6. The molecule has 6 nitrogen and oxygen atoms in total. The lowest BCUT2D eigenvalue weighted by Crippen LogP contribution is -2.49. The maximum absolute atomic E-state index is 12.8. The highest BCUT2D eigenvalue weighted by molar-refractivity contribution is 7.86. The molecule has 25 heavy (non-hydrogen) atoms. The molecule has 1 amide bonds. The first-order valence-corrected chi connectivity index (χ1v) is 10.2. The third kappa shape index (κ3) is 4.80. The Hall–Kier alpha value is -1.44. The molecule has 1 saturated heterocycles. The maximum Gasteiger partial charge on any atom is 0.281 e. The summed E-state index contributed by atoms with van der Waals surface area (Å²) in [5.74, 6) is -0.133. The van der Waals surface area contributed by atoms with E-state index in [9.17, 15) is 13.2 Å². The van der Waals surface area contributed by atoms with E-state index in [4.69, 9.17) is 0 Å². The number of piperidine rings is 1. The number of benzene rings is 1. The molecule has 7 heteroatoms. The van der Waals surface area contributed by atoms with Gasteiger partial charge in [-0.25, -0.2) is 0 Å². The Labute approximate surface area is 151 Å². The zero-order valence-electron chi connectivity index (χ0n) is 15.5. The molecule has 1 fully saturated rings. The van der Waals surface area contributed by atoms with Crippen molar-refractivity contribution in [3.8, 4) is 0 Å². The second kappa shape index (κ2) is 8.29. The van der Waals surface area contributed by atoms with Crippen molar-refractivity contribution < 1.29 is 13.2 Å². The number of carbonyl (C=O) groups excluding carboxylic acids is 1. The van der Waals surface area contributed by atoms with Crippen molar-refractivity contribution in [2.75, 3.05) is 27.2 Å². The number of hydrogen-bond donors (Lipinski definition) is 1. The number of carbonyl (C=O) groups is 1. The summed E-state index contributed by atoms with van der Waals surface area (Å²) in [6, 6.07) is 9.82. The Kier molecular flexibility index (Phi) is 6.59. The van der Waals surface area contributed by atoms with Crippen molar-refractivity contribution in [1.29, 1.82) is 0 Å². The van der Waals surface area contributed by atoms with Gasteiger partial charge in [0.1, 0.15) is 0 Å². The van der Waals surface area contributed by atoms with E-state index in [2.05, 4.69) is 19.2 Å². The molecule has 2 rings (SSSR count). The Morgan fingerprint density at radius 3 is 2.44 bits per heavy atom. The number of nitrogens with one attached hydrogen (secondary N) is 1. The van der Waals surface area contributed by atoms with E-state index in [1.54, 1.807) is 0 Å². The van der Waals surface area contributed by atoms with Gasteiger partial charge in [-0.1, -0.05) is 44.2 Å². The van der Waals surface area contributed by atoms with E-state index < -0.39 is 10.2 Å². The fourth-order valence-electron chi connectivity index (χ4n) is 3.16. The second-order valence-corrected chi connectivity index (χ2v) is 9.27. The Morgan fingerprint density at radius 1 is 1.24 bits per heavy atom. The first-order chi connectivity index (χ1) is 11.7. The summed E-state index contributed by atoms with van der Waals surface area (Å²) in [5.41, 5.74) is 1.07. The summed E-state index contributed by atoms with van der Waals surface area (Å²) >= 11 is 0. The molecule has 1 aliphatic heterocycles. The lowest BCUT2D eigenvalue weighted by atomic mass is 9.93. The SMILES string of the molecule is CC(C)[C@H](NC(=O)[C@H]1CCCN(S(=O)(=O)N(C)C)C1)c1ccccc1. The van der Waals surface area contributed by atoms with Gasteiger partial charge in [-0.05, 0) is 24.3 Å². The molecule has 0 spiro atoms. The summed E-state index contributed by atoms with van der Waals surface area (Å²) in [4.78, 5) is 12.8. The number of hydrogen-bond acceptors (Lipinski definition) is 3. The average Bonchev–Trinajstić information content (AvgIpc) is 2.59. The van der Waals surface area contributed by atoms with Crippen LogP contribution in [0.5, 0.6) is 0 Å². The highest BCUT2D eigenvalue weighted by atomic mass is 32.2. The van der Waals surface area contributed by atoms with Crippen LogP contribution >= 0.6 is 0 Å². The van der Waals surface area contributed by atoms with Crippen molar-refractivity contribution in [1.82, 2.24) is 13.9 Å². The van der Waals surface area contributed by atoms with E-state index in [0.717, 1.165) is 5.56 Å². The molecule has 1 aromatic rings. The summed E-state index contributed by atoms with van der Waals surface area (Å²) in [6.45, 7) is 4.85. The average molecular weight is 368 g/mol. The van der Waals surface area contributed by atoms with E-state index in [1.165, 1.54) is 22.7 Å². The van der Waals surface area contributed by atoms with Crippen LogP contribution in [0.25, 0.3) is 0 Å². The van der Waals surface area contributed by atoms with E-state index in [-0.39, 0.29) is 30.3 Å². The third-order valence-electron chi connectivity index (χ3n) is 4.67. The number of amides is 1. The maximum atomic E-state index is 12.8. The Balaban J connectivity index is 2.09. The van der Waals surface area contributed by atoms with Crippen LogP contribution in [0, 0.1) is 11.8 Å². The van der Waals surface area contributed by atoms with Crippen LogP contribution in [0.2, 0.25) is 0 Å². The molecule has 1 N–H and O–H groups in total. The minimum absolute atomic E-state index is 0.0683. The van der Waals surface area contributed by atoms with E-state index >= 15 is 0 Å². The molecular weight excluding hydrogens is 338 g/mol. The van der Waals surface area contributed by atoms with Gasteiger partial charge in [-0.3, -0.25) is 4.79 Å². The molecule has 1 heterocycles. The zero-order valence-corrected chi connectivity index (χ0v) is 16.3. The quantitative estimate of drug-likeness (QED) is 0.836. The molecule has 0 radical (unpaired) electrons. The van der Waals surface area contributed by atoms with Gasteiger partial charge in [0.05, 0.1) is 12.0 Å². The largest absolute Gasteiger partial charge is 0.349 e. The fourth-order valence-corrected chi connectivity index (χ4v) is 4.35. The van der Waals surface area contributed by atoms with Crippen LogP contribution in [-0.2, 0) is 15.0 Å². The summed E-state index contributed by atoms with van der Waals surface area (Å²) in [5, 5.41) is 3.13.